The Kier molecular flexibility index (Phi) is 3.79. The molecule has 2 aromatic rings. The number of nitrogens with one attached hydrogen (secondary N) is 1. The Labute approximate surface area is 114 Å². The highest BCUT2D eigenvalue weighted by Gasteiger charge is 2.10. The molecule has 0 unspecified atom stereocenters. The summed E-state index contributed by atoms with van der Waals surface area (Å²) < 4.78 is 1.45. The summed E-state index contributed by atoms with van der Waals surface area (Å²) in [5, 5.41) is 7.33. The molecule has 0 spiro atoms. The van der Waals surface area contributed by atoms with E-state index in [1.54, 1.807) is 0 Å². The van der Waals surface area contributed by atoms with Gasteiger partial charge in [-0.25, -0.2) is 0 Å². The molecule has 0 amide bonds. The first-order chi connectivity index (χ1) is 8.37. The third-order valence-electron chi connectivity index (χ3n) is 3.13. The largest absolute Gasteiger partial charge is 0.312 e. The molecule has 0 radical (unpaired) electrons. The molecule has 0 saturated carbocycles. The Hall–Kier alpha value is -0.860. The number of benzene rings is 1. The molecule has 1 aromatic carbocycles. The average Bonchev–Trinajstić information content (AvgIpc) is 2.60. The van der Waals surface area contributed by atoms with E-state index in [-0.39, 0.29) is 5.54 Å². The molecule has 0 aliphatic carbocycles. The Morgan fingerprint density at radius 2 is 1.89 bits per heavy atom. The standard InChI is InChI=1S/C16H23NS/c1-11-8-12(2)15-14(9-11)13(10-18-15)6-7-17-16(3,4)5/h8-10,17H,6-7H2,1-5H3. The van der Waals surface area contributed by atoms with Crippen LogP contribution in [-0.2, 0) is 6.42 Å². The number of hydrogen-bond donors (Lipinski definition) is 1. The first kappa shape index (κ1) is 13.6. The fourth-order valence-electron chi connectivity index (χ4n) is 2.31. The van der Waals surface area contributed by atoms with Crippen molar-refractivity contribution in [3.05, 3.63) is 34.2 Å². The molecule has 1 nitrogen and oxygen atoms in total. The van der Waals surface area contributed by atoms with Gasteiger partial charge in [-0.3, -0.25) is 0 Å². The van der Waals surface area contributed by atoms with Gasteiger partial charge < -0.3 is 5.32 Å². The van der Waals surface area contributed by atoms with Crippen molar-refractivity contribution < 1.29 is 0 Å². The number of fused-ring (bicyclic) bond motifs is 1. The summed E-state index contributed by atoms with van der Waals surface area (Å²) in [4.78, 5) is 0. The molecule has 0 atom stereocenters. The van der Waals surface area contributed by atoms with Crippen LogP contribution in [0, 0.1) is 13.8 Å². The lowest BCUT2D eigenvalue weighted by molar-refractivity contribution is 0.430. The molecule has 98 valence electrons. The van der Waals surface area contributed by atoms with Crippen molar-refractivity contribution in [1.82, 2.24) is 5.32 Å². The fraction of sp³-hybridized carbons (Fsp3) is 0.500. The maximum absolute atomic E-state index is 3.56. The van der Waals surface area contributed by atoms with Crippen molar-refractivity contribution in [2.75, 3.05) is 6.54 Å². The fourth-order valence-corrected chi connectivity index (χ4v) is 3.38. The highest BCUT2D eigenvalue weighted by molar-refractivity contribution is 7.17. The van der Waals surface area contributed by atoms with E-state index >= 15 is 0 Å². The second kappa shape index (κ2) is 5.02. The van der Waals surface area contributed by atoms with Crippen LogP contribution in [0.1, 0.15) is 37.5 Å². The predicted octanol–water partition coefficient (Wildman–Crippen LogP) is 4.45. The van der Waals surface area contributed by atoms with Crippen molar-refractivity contribution in [2.24, 2.45) is 0 Å². The summed E-state index contributed by atoms with van der Waals surface area (Å²) in [6, 6.07) is 4.60. The topological polar surface area (TPSA) is 12.0 Å². The second-order valence-corrected chi connectivity index (χ2v) is 7.03. The van der Waals surface area contributed by atoms with Gasteiger partial charge in [0.2, 0.25) is 0 Å². The van der Waals surface area contributed by atoms with E-state index in [0.717, 1.165) is 13.0 Å². The third kappa shape index (κ3) is 3.12. The third-order valence-corrected chi connectivity index (χ3v) is 4.31. The van der Waals surface area contributed by atoms with E-state index in [1.165, 1.54) is 26.8 Å². The van der Waals surface area contributed by atoms with E-state index in [4.69, 9.17) is 0 Å². The van der Waals surface area contributed by atoms with Gasteiger partial charge in [0.15, 0.2) is 0 Å². The normalized spacial score (nSPS) is 12.3. The van der Waals surface area contributed by atoms with Gasteiger partial charge in [0.05, 0.1) is 0 Å². The van der Waals surface area contributed by atoms with Crippen molar-refractivity contribution in [3.63, 3.8) is 0 Å². The van der Waals surface area contributed by atoms with Crippen LogP contribution in [0.4, 0.5) is 0 Å². The highest BCUT2D eigenvalue weighted by atomic mass is 32.1. The van der Waals surface area contributed by atoms with Crippen LogP contribution >= 0.6 is 11.3 Å². The van der Waals surface area contributed by atoms with Gasteiger partial charge in [0.25, 0.3) is 0 Å². The molecule has 0 aliphatic heterocycles. The lowest BCUT2D eigenvalue weighted by Crippen LogP contribution is -2.37. The van der Waals surface area contributed by atoms with Crippen LogP contribution in [-0.4, -0.2) is 12.1 Å². The molecule has 0 bridgehead atoms. The molecular weight excluding hydrogens is 238 g/mol. The summed E-state index contributed by atoms with van der Waals surface area (Å²) in [7, 11) is 0. The summed E-state index contributed by atoms with van der Waals surface area (Å²) in [5.74, 6) is 0. The summed E-state index contributed by atoms with van der Waals surface area (Å²) in [6.45, 7) is 12.1. The molecule has 1 N–H and O–H groups in total. The van der Waals surface area contributed by atoms with Gasteiger partial charge >= 0.3 is 0 Å². The minimum atomic E-state index is 0.206. The summed E-state index contributed by atoms with van der Waals surface area (Å²) in [5.41, 5.74) is 4.46. The maximum atomic E-state index is 3.56. The molecular formula is C16H23NS. The second-order valence-electron chi connectivity index (χ2n) is 6.15. The van der Waals surface area contributed by atoms with Crippen LogP contribution in [0.25, 0.3) is 10.1 Å². The van der Waals surface area contributed by atoms with Crippen LogP contribution in [0.15, 0.2) is 17.5 Å². The quantitative estimate of drug-likeness (QED) is 0.861. The average molecular weight is 261 g/mol. The van der Waals surface area contributed by atoms with E-state index < -0.39 is 0 Å². The lowest BCUT2D eigenvalue weighted by Gasteiger charge is -2.20. The zero-order valence-electron chi connectivity index (χ0n) is 12.1. The van der Waals surface area contributed by atoms with E-state index in [2.05, 4.69) is 57.4 Å². The van der Waals surface area contributed by atoms with E-state index in [9.17, 15) is 0 Å². The molecule has 0 saturated heterocycles. The SMILES string of the molecule is Cc1cc(C)c2scc(CCNC(C)(C)C)c2c1. The number of rotatable bonds is 3. The number of hydrogen-bond acceptors (Lipinski definition) is 2. The highest BCUT2D eigenvalue weighted by Crippen LogP contribution is 2.30. The van der Waals surface area contributed by atoms with Crippen molar-refractivity contribution in [1.29, 1.82) is 0 Å². The minimum absolute atomic E-state index is 0.206. The maximum Gasteiger partial charge on any atom is 0.0374 e. The van der Waals surface area contributed by atoms with Gasteiger partial charge in [-0.1, -0.05) is 17.7 Å². The van der Waals surface area contributed by atoms with Gasteiger partial charge in [-0.05, 0) is 69.5 Å². The first-order valence-electron chi connectivity index (χ1n) is 6.59. The first-order valence-corrected chi connectivity index (χ1v) is 7.47. The number of thiophene rings is 1. The van der Waals surface area contributed by atoms with Gasteiger partial charge in [0.1, 0.15) is 0 Å². The van der Waals surface area contributed by atoms with Gasteiger partial charge in [-0.15, -0.1) is 11.3 Å². The number of aryl methyl sites for hydroxylation is 2. The van der Waals surface area contributed by atoms with Crippen molar-refractivity contribution in [3.8, 4) is 0 Å². The van der Waals surface area contributed by atoms with E-state index in [1.807, 2.05) is 11.3 Å². The molecule has 1 heterocycles. The molecule has 1 aromatic heterocycles. The Morgan fingerprint density at radius 3 is 2.56 bits per heavy atom. The monoisotopic (exact) mass is 261 g/mol. The van der Waals surface area contributed by atoms with Crippen molar-refractivity contribution in [2.45, 2.75) is 46.6 Å². The zero-order chi connectivity index (χ0) is 13.3. The minimum Gasteiger partial charge on any atom is -0.312 e. The molecule has 2 rings (SSSR count). The Morgan fingerprint density at radius 1 is 1.17 bits per heavy atom. The summed E-state index contributed by atoms with van der Waals surface area (Å²) in [6.07, 6.45) is 1.11. The molecule has 18 heavy (non-hydrogen) atoms. The van der Waals surface area contributed by atoms with Gasteiger partial charge in [-0.2, -0.15) is 0 Å². The predicted molar refractivity (Wildman–Crippen MR) is 82.8 cm³/mol. The molecule has 2 heteroatoms. The van der Waals surface area contributed by atoms with Crippen LogP contribution < -0.4 is 5.32 Å². The smallest absolute Gasteiger partial charge is 0.0374 e. The molecule has 0 fully saturated rings. The van der Waals surface area contributed by atoms with E-state index in [0.29, 0.717) is 0 Å². The Balaban J connectivity index is 2.19. The van der Waals surface area contributed by atoms with Crippen LogP contribution in [0.5, 0.6) is 0 Å². The summed E-state index contributed by atoms with van der Waals surface area (Å²) >= 11 is 1.88. The van der Waals surface area contributed by atoms with Crippen LogP contribution in [0.3, 0.4) is 0 Å². The molecule has 0 aliphatic rings. The van der Waals surface area contributed by atoms with Crippen molar-refractivity contribution >= 4 is 21.4 Å². The zero-order valence-corrected chi connectivity index (χ0v) is 12.9. The Bertz CT molecular complexity index is 546. The lowest BCUT2D eigenvalue weighted by atomic mass is 10.0. The van der Waals surface area contributed by atoms with Gasteiger partial charge in [0, 0.05) is 10.2 Å². The van der Waals surface area contributed by atoms with Crippen LogP contribution in [0.2, 0.25) is 0 Å².